The monoisotopic (exact) mass is 222 g/mol. The van der Waals surface area contributed by atoms with Crippen molar-refractivity contribution in [2.24, 2.45) is 23.7 Å². The highest BCUT2D eigenvalue weighted by molar-refractivity contribution is 5.05. The molecular formula is C15H26O. The van der Waals surface area contributed by atoms with E-state index < -0.39 is 0 Å². The number of hydrogen-bond acceptors (Lipinski definition) is 1. The lowest BCUT2D eigenvalue weighted by Gasteiger charge is -2.47. The van der Waals surface area contributed by atoms with Gasteiger partial charge in [0.2, 0.25) is 0 Å². The third kappa shape index (κ3) is 1.40. The van der Waals surface area contributed by atoms with Crippen LogP contribution in [0.5, 0.6) is 0 Å². The molecule has 3 unspecified atom stereocenters. The standard InChI is InChI=1S/C15H26O/c1-10-5-6-13-12(10)9-11-7-8-15(13,4)16-14(11,2)3/h10-13H,5-9H2,1-4H3/t10-,11?,12?,13?,15+/m1/s1. The largest absolute Gasteiger partial charge is 0.369 e. The van der Waals surface area contributed by atoms with Crippen LogP contribution in [-0.4, -0.2) is 11.2 Å². The Hall–Kier alpha value is -0.0400. The van der Waals surface area contributed by atoms with Crippen molar-refractivity contribution < 1.29 is 4.74 Å². The van der Waals surface area contributed by atoms with Crippen LogP contribution in [0.4, 0.5) is 0 Å². The summed E-state index contributed by atoms with van der Waals surface area (Å²) in [5, 5.41) is 0. The van der Waals surface area contributed by atoms with Gasteiger partial charge in [0.1, 0.15) is 0 Å². The van der Waals surface area contributed by atoms with Gasteiger partial charge in [-0.05, 0) is 70.1 Å². The molecule has 2 aliphatic carbocycles. The van der Waals surface area contributed by atoms with Crippen LogP contribution in [0.25, 0.3) is 0 Å². The van der Waals surface area contributed by atoms with Gasteiger partial charge in [0, 0.05) is 0 Å². The molecule has 5 atom stereocenters. The third-order valence-corrected chi connectivity index (χ3v) is 5.99. The lowest BCUT2D eigenvalue weighted by molar-refractivity contribution is -0.199. The average molecular weight is 222 g/mol. The molecule has 92 valence electrons. The van der Waals surface area contributed by atoms with E-state index in [2.05, 4.69) is 27.7 Å². The molecule has 0 aromatic carbocycles. The van der Waals surface area contributed by atoms with Crippen molar-refractivity contribution in [1.29, 1.82) is 0 Å². The molecule has 2 heterocycles. The Labute approximate surface area is 99.9 Å². The Morgan fingerprint density at radius 1 is 1.06 bits per heavy atom. The fourth-order valence-corrected chi connectivity index (χ4v) is 4.96. The summed E-state index contributed by atoms with van der Waals surface area (Å²) in [7, 11) is 0. The van der Waals surface area contributed by atoms with Crippen molar-refractivity contribution in [2.45, 2.75) is 71.0 Å². The van der Waals surface area contributed by atoms with Gasteiger partial charge in [0.25, 0.3) is 0 Å². The average Bonchev–Trinajstić information content (AvgIpc) is 2.41. The lowest BCUT2D eigenvalue weighted by atomic mass is 9.78. The first-order chi connectivity index (χ1) is 7.42. The molecule has 2 aliphatic heterocycles. The first-order valence-electron chi connectivity index (χ1n) is 7.12. The summed E-state index contributed by atoms with van der Waals surface area (Å²) in [4.78, 5) is 0. The van der Waals surface area contributed by atoms with Gasteiger partial charge >= 0.3 is 0 Å². The van der Waals surface area contributed by atoms with Crippen molar-refractivity contribution in [3.8, 4) is 0 Å². The third-order valence-electron chi connectivity index (χ3n) is 5.99. The smallest absolute Gasteiger partial charge is 0.0692 e. The van der Waals surface area contributed by atoms with Crippen LogP contribution < -0.4 is 0 Å². The Bertz CT molecular complexity index is 296. The molecule has 4 aliphatic rings. The van der Waals surface area contributed by atoms with E-state index in [0.29, 0.717) is 0 Å². The van der Waals surface area contributed by atoms with Gasteiger partial charge in [0.15, 0.2) is 0 Å². The van der Waals surface area contributed by atoms with E-state index in [9.17, 15) is 0 Å². The quantitative estimate of drug-likeness (QED) is 0.601. The van der Waals surface area contributed by atoms with E-state index >= 15 is 0 Å². The van der Waals surface area contributed by atoms with Gasteiger partial charge in [0.05, 0.1) is 11.2 Å². The molecule has 0 N–H and O–H groups in total. The molecule has 0 spiro atoms. The van der Waals surface area contributed by atoms with E-state index in [1.807, 2.05) is 0 Å². The highest BCUT2D eigenvalue weighted by Crippen LogP contribution is 2.58. The maximum atomic E-state index is 6.55. The summed E-state index contributed by atoms with van der Waals surface area (Å²) in [5.74, 6) is 3.52. The van der Waals surface area contributed by atoms with Gasteiger partial charge in [-0.15, -0.1) is 0 Å². The van der Waals surface area contributed by atoms with Crippen molar-refractivity contribution >= 4 is 0 Å². The normalized spacial score (nSPS) is 54.8. The Kier molecular flexibility index (Phi) is 2.25. The van der Waals surface area contributed by atoms with E-state index in [1.54, 1.807) is 0 Å². The number of hydrogen-bond donors (Lipinski definition) is 0. The zero-order valence-corrected chi connectivity index (χ0v) is 11.3. The van der Waals surface area contributed by atoms with Crippen LogP contribution in [0.3, 0.4) is 0 Å². The lowest BCUT2D eigenvalue weighted by Crippen LogP contribution is -2.49. The molecule has 0 amide bonds. The topological polar surface area (TPSA) is 9.23 Å². The Balaban J connectivity index is 1.99. The van der Waals surface area contributed by atoms with Gasteiger partial charge in [-0.2, -0.15) is 0 Å². The van der Waals surface area contributed by atoms with E-state index in [4.69, 9.17) is 4.74 Å². The zero-order chi connectivity index (χ0) is 11.6. The second kappa shape index (κ2) is 3.25. The van der Waals surface area contributed by atoms with Crippen LogP contribution in [0, 0.1) is 23.7 Å². The van der Waals surface area contributed by atoms with Gasteiger partial charge in [-0.3, -0.25) is 0 Å². The molecule has 0 aromatic heterocycles. The second-order valence-corrected chi connectivity index (χ2v) is 7.31. The second-order valence-electron chi connectivity index (χ2n) is 7.31. The minimum atomic E-state index is 0.122. The summed E-state index contributed by atoms with van der Waals surface area (Å²) in [6.07, 6.45) is 6.96. The fraction of sp³-hybridized carbons (Fsp3) is 1.00. The van der Waals surface area contributed by atoms with Crippen molar-refractivity contribution in [3.63, 3.8) is 0 Å². The summed E-state index contributed by atoms with van der Waals surface area (Å²) < 4.78 is 6.55. The molecule has 16 heavy (non-hydrogen) atoms. The summed E-state index contributed by atoms with van der Waals surface area (Å²) >= 11 is 0. The van der Waals surface area contributed by atoms with Crippen LogP contribution in [0.15, 0.2) is 0 Å². The molecule has 2 saturated carbocycles. The predicted molar refractivity (Wildman–Crippen MR) is 66.3 cm³/mol. The predicted octanol–water partition coefficient (Wildman–Crippen LogP) is 4.02. The van der Waals surface area contributed by atoms with Gasteiger partial charge in [-0.25, -0.2) is 0 Å². The van der Waals surface area contributed by atoms with Crippen LogP contribution >= 0.6 is 0 Å². The minimum absolute atomic E-state index is 0.122. The molecule has 2 saturated heterocycles. The van der Waals surface area contributed by atoms with E-state index in [-0.39, 0.29) is 11.2 Å². The zero-order valence-electron chi connectivity index (χ0n) is 11.3. The van der Waals surface area contributed by atoms with Crippen molar-refractivity contribution in [3.05, 3.63) is 0 Å². The number of ether oxygens (including phenoxy) is 1. The van der Waals surface area contributed by atoms with E-state index in [1.165, 1.54) is 32.1 Å². The maximum Gasteiger partial charge on any atom is 0.0692 e. The molecule has 4 fully saturated rings. The summed E-state index contributed by atoms with van der Waals surface area (Å²) in [6, 6.07) is 0. The van der Waals surface area contributed by atoms with Crippen molar-refractivity contribution in [1.82, 2.24) is 0 Å². The van der Waals surface area contributed by atoms with Crippen LogP contribution in [0.1, 0.15) is 59.8 Å². The minimum Gasteiger partial charge on any atom is -0.369 e. The molecule has 1 heteroatoms. The van der Waals surface area contributed by atoms with Gasteiger partial charge in [-0.1, -0.05) is 13.3 Å². The first kappa shape index (κ1) is 11.1. The Morgan fingerprint density at radius 3 is 2.50 bits per heavy atom. The SMILES string of the molecule is C[C@@H]1CCC2C1CC1CC[C@]2(C)OC1(C)C. The van der Waals surface area contributed by atoms with Gasteiger partial charge < -0.3 is 4.74 Å². The fourth-order valence-electron chi connectivity index (χ4n) is 4.96. The highest BCUT2D eigenvalue weighted by Gasteiger charge is 2.56. The summed E-state index contributed by atoms with van der Waals surface area (Å²) in [6.45, 7) is 9.50. The Morgan fingerprint density at radius 2 is 1.81 bits per heavy atom. The first-order valence-corrected chi connectivity index (χ1v) is 7.12. The molecule has 2 bridgehead atoms. The summed E-state index contributed by atoms with van der Waals surface area (Å²) in [5.41, 5.74) is 0.309. The number of fused-ring (bicyclic) bond motifs is 2. The number of rotatable bonds is 0. The molecule has 4 rings (SSSR count). The van der Waals surface area contributed by atoms with Crippen molar-refractivity contribution in [2.75, 3.05) is 0 Å². The van der Waals surface area contributed by atoms with Crippen LogP contribution in [-0.2, 0) is 4.74 Å². The molecular weight excluding hydrogens is 196 g/mol. The van der Waals surface area contributed by atoms with E-state index in [0.717, 1.165) is 23.7 Å². The van der Waals surface area contributed by atoms with Crippen LogP contribution in [0.2, 0.25) is 0 Å². The highest BCUT2D eigenvalue weighted by atomic mass is 16.5. The molecule has 0 radical (unpaired) electrons. The molecule has 0 aromatic rings. The maximum absolute atomic E-state index is 6.55. The molecule has 1 nitrogen and oxygen atoms in total.